The summed E-state index contributed by atoms with van der Waals surface area (Å²) in [6.45, 7) is 3.87. The Morgan fingerprint density at radius 2 is 1.85 bits per heavy atom. The van der Waals surface area contributed by atoms with Gasteiger partial charge in [-0.25, -0.2) is 0 Å². The van der Waals surface area contributed by atoms with Gasteiger partial charge >= 0.3 is 0 Å². The Morgan fingerprint density at radius 3 is 2.60 bits per heavy atom. The molecule has 0 saturated carbocycles. The Labute approximate surface area is 117 Å². The molecular weight excluding hydrogens is 256 g/mol. The number of nitrogens with zero attached hydrogens (tertiary/aromatic N) is 1. The predicted molar refractivity (Wildman–Crippen MR) is 74.3 cm³/mol. The van der Waals surface area contributed by atoms with Crippen LogP contribution in [0, 0.1) is 5.41 Å². The van der Waals surface area contributed by atoms with Crippen molar-refractivity contribution in [3.8, 4) is 11.5 Å². The highest BCUT2D eigenvalue weighted by Gasteiger charge is 2.52. The summed E-state index contributed by atoms with van der Waals surface area (Å²) in [4.78, 5) is 14.4. The standard InChI is InChI=1S/C15H18N2O3/c18-14-15(3-5-16-6-4-15)10-17(14)11-1-2-12-13(9-11)20-8-7-19-12/h1-2,9,16H,3-8,10H2. The zero-order valence-corrected chi connectivity index (χ0v) is 11.4. The van der Waals surface area contributed by atoms with Crippen molar-refractivity contribution < 1.29 is 14.3 Å². The van der Waals surface area contributed by atoms with E-state index in [2.05, 4.69) is 5.32 Å². The van der Waals surface area contributed by atoms with E-state index in [4.69, 9.17) is 9.47 Å². The lowest BCUT2D eigenvalue weighted by Crippen LogP contribution is -2.64. The van der Waals surface area contributed by atoms with Crippen molar-refractivity contribution in [2.24, 2.45) is 5.41 Å². The van der Waals surface area contributed by atoms with Gasteiger partial charge in [0, 0.05) is 18.3 Å². The van der Waals surface area contributed by atoms with Gasteiger partial charge in [-0.3, -0.25) is 4.79 Å². The van der Waals surface area contributed by atoms with Gasteiger partial charge in [-0.15, -0.1) is 0 Å². The topological polar surface area (TPSA) is 50.8 Å². The highest BCUT2D eigenvalue weighted by molar-refractivity contribution is 6.04. The summed E-state index contributed by atoms with van der Waals surface area (Å²) in [6, 6.07) is 5.75. The molecule has 0 unspecified atom stereocenters. The van der Waals surface area contributed by atoms with Crippen molar-refractivity contribution in [3.63, 3.8) is 0 Å². The van der Waals surface area contributed by atoms with Gasteiger partial charge in [0.15, 0.2) is 11.5 Å². The zero-order valence-electron chi connectivity index (χ0n) is 11.4. The molecule has 5 heteroatoms. The van der Waals surface area contributed by atoms with E-state index in [1.54, 1.807) is 0 Å². The Hall–Kier alpha value is -1.75. The summed E-state index contributed by atoms with van der Waals surface area (Å²) in [5.41, 5.74) is 0.807. The average Bonchev–Trinajstić information content (AvgIpc) is 2.53. The van der Waals surface area contributed by atoms with Gasteiger partial charge < -0.3 is 19.7 Å². The van der Waals surface area contributed by atoms with E-state index in [1.807, 2.05) is 23.1 Å². The second-order valence-electron chi connectivity index (χ2n) is 5.75. The van der Waals surface area contributed by atoms with E-state index < -0.39 is 0 Å². The normalized spacial score (nSPS) is 23.6. The fraction of sp³-hybridized carbons (Fsp3) is 0.533. The number of carbonyl (C=O) groups excluding carboxylic acids is 1. The molecule has 1 N–H and O–H groups in total. The number of rotatable bonds is 1. The van der Waals surface area contributed by atoms with Gasteiger partial charge in [0.2, 0.25) is 5.91 Å². The summed E-state index contributed by atoms with van der Waals surface area (Å²) in [5, 5.41) is 3.32. The summed E-state index contributed by atoms with van der Waals surface area (Å²) < 4.78 is 11.1. The maximum Gasteiger partial charge on any atom is 0.235 e. The van der Waals surface area contributed by atoms with Crippen LogP contribution in [0.4, 0.5) is 5.69 Å². The summed E-state index contributed by atoms with van der Waals surface area (Å²) in [5.74, 6) is 1.77. The van der Waals surface area contributed by atoms with Crippen molar-refractivity contribution in [2.75, 3.05) is 37.7 Å². The predicted octanol–water partition coefficient (Wildman–Crippen LogP) is 1.17. The number of hydrogen-bond acceptors (Lipinski definition) is 4. The van der Waals surface area contributed by atoms with Gasteiger partial charge in [0.05, 0.1) is 5.41 Å². The maximum absolute atomic E-state index is 12.5. The van der Waals surface area contributed by atoms with Crippen molar-refractivity contribution >= 4 is 11.6 Å². The molecule has 0 aliphatic carbocycles. The first-order chi connectivity index (χ1) is 9.78. The van der Waals surface area contributed by atoms with Crippen molar-refractivity contribution in [1.82, 2.24) is 5.32 Å². The second-order valence-corrected chi connectivity index (χ2v) is 5.75. The molecule has 3 heterocycles. The fourth-order valence-electron chi connectivity index (χ4n) is 3.32. The third-order valence-electron chi connectivity index (χ3n) is 4.56. The number of ether oxygens (including phenoxy) is 2. The minimum Gasteiger partial charge on any atom is -0.486 e. The molecule has 106 valence electrons. The molecule has 1 spiro atoms. The molecule has 1 aromatic carbocycles. The molecule has 1 aromatic rings. The first kappa shape index (κ1) is 12.0. The number of fused-ring (bicyclic) bond motifs is 1. The second kappa shape index (κ2) is 4.38. The van der Waals surface area contributed by atoms with Crippen LogP contribution in [0.2, 0.25) is 0 Å². The molecule has 2 fully saturated rings. The first-order valence-corrected chi connectivity index (χ1v) is 7.21. The number of amides is 1. The van der Waals surface area contributed by atoms with E-state index >= 15 is 0 Å². The van der Waals surface area contributed by atoms with Crippen LogP contribution in [0.3, 0.4) is 0 Å². The van der Waals surface area contributed by atoms with Crippen LogP contribution in [0.15, 0.2) is 18.2 Å². The Morgan fingerprint density at radius 1 is 1.10 bits per heavy atom. The molecule has 20 heavy (non-hydrogen) atoms. The quantitative estimate of drug-likeness (QED) is 0.781. The van der Waals surface area contributed by atoms with Crippen LogP contribution < -0.4 is 19.7 Å². The largest absolute Gasteiger partial charge is 0.486 e. The van der Waals surface area contributed by atoms with Crippen molar-refractivity contribution in [2.45, 2.75) is 12.8 Å². The summed E-state index contributed by atoms with van der Waals surface area (Å²) in [6.07, 6.45) is 1.90. The van der Waals surface area contributed by atoms with E-state index in [0.29, 0.717) is 13.2 Å². The highest BCUT2D eigenvalue weighted by atomic mass is 16.6. The van der Waals surface area contributed by atoms with Gasteiger partial charge in [-0.05, 0) is 38.1 Å². The molecule has 1 amide bonds. The maximum atomic E-state index is 12.5. The van der Waals surface area contributed by atoms with Gasteiger partial charge in [-0.1, -0.05) is 0 Å². The van der Waals surface area contributed by atoms with Gasteiger partial charge in [-0.2, -0.15) is 0 Å². The summed E-state index contributed by atoms with van der Waals surface area (Å²) in [7, 11) is 0. The van der Waals surface area contributed by atoms with E-state index in [1.165, 1.54) is 0 Å². The molecule has 2 saturated heterocycles. The van der Waals surface area contributed by atoms with Gasteiger partial charge in [0.1, 0.15) is 13.2 Å². The van der Waals surface area contributed by atoms with Crippen molar-refractivity contribution in [3.05, 3.63) is 18.2 Å². The van der Waals surface area contributed by atoms with E-state index in [0.717, 1.165) is 49.7 Å². The lowest BCUT2D eigenvalue weighted by Gasteiger charge is -2.51. The number of β-lactam (4-membered cyclic amide) rings is 1. The number of carbonyl (C=O) groups is 1. The Kier molecular flexibility index (Phi) is 2.63. The molecular formula is C15H18N2O3. The van der Waals surface area contributed by atoms with Crippen molar-refractivity contribution in [1.29, 1.82) is 0 Å². The highest BCUT2D eigenvalue weighted by Crippen LogP contribution is 2.44. The molecule has 4 rings (SSSR count). The molecule has 0 bridgehead atoms. The number of piperidine rings is 1. The monoisotopic (exact) mass is 274 g/mol. The lowest BCUT2D eigenvalue weighted by atomic mass is 9.71. The van der Waals surface area contributed by atoms with Crippen LogP contribution in [-0.2, 0) is 4.79 Å². The van der Waals surface area contributed by atoms with E-state index in [9.17, 15) is 4.79 Å². The minimum atomic E-state index is -0.113. The molecule has 0 radical (unpaired) electrons. The molecule has 3 aliphatic heterocycles. The average molecular weight is 274 g/mol. The lowest BCUT2D eigenvalue weighted by molar-refractivity contribution is -0.137. The van der Waals surface area contributed by atoms with Crippen LogP contribution in [-0.4, -0.2) is 38.8 Å². The molecule has 0 atom stereocenters. The van der Waals surface area contributed by atoms with Crippen LogP contribution in [0.5, 0.6) is 11.5 Å². The Bertz CT molecular complexity index is 552. The fourth-order valence-corrected chi connectivity index (χ4v) is 3.32. The smallest absolute Gasteiger partial charge is 0.235 e. The summed E-state index contributed by atoms with van der Waals surface area (Å²) >= 11 is 0. The van der Waals surface area contributed by atoms with Crippen LogP contribution in [0.1, 0.15) is 12.8 Å². The number of hydrogen-bond donors (Lipinski definition) is 1. The third-order valence-corrected chi connectivity index (χ3v) is 4.56. The molecule has 3 aliphatic rings. The van der Waals surface area contributed by atoms with E-state index in [-0.39, 0.29) is 11.3 Å². The number of anilines is 1. The van der Waals surface area contributed by atoms with Gasteiger partial charge in [0.25, 0.3) is 0 Å². The zero-order chi connectivity index (χ0) is 13.6. The molecule has 5 nitrogen and oxygen atoms in total. The van der Waals surface area contributed by atoms with Crippen LogP contribution >= 0.6 is 0 Å². The van der Waals surface area contributed by atoms with Crippen LogP contribution in [0.25, 0.3) is 0 Å². The third kappa shape index (κ3) is 1.69. The number of benzene rings is 1. The minimum absolute atomic E-state index is 0.113. The molecule has 0 aromatic heterocycles. The first-order valence-electron chi connectivity index (χ1n) is 7.21. The Balaban J connectivity index is 1.56. The SMILES string of the molecule is O=C1N(c2ccc3c(c2)OCCO3)CC12CCNCC2. The number of nitrogens with one attached hydrogen (secondary N) is 1.